The molecule has 0 spiro atoms. The van der Waals surface area contributed by atoms with Crippen LogP contribution in [0.1, 0.15) is 87.7 Å². The molecule has 0 bridgehead atoms. The third-order valence-electron chi connectivity index (χ3n) is 15.8. The van der Waals surface area contributed by atoms with Gasteiger partial charge >= 0.3 is 0 Å². The Morgan fingerprint density at radius 3 is 2.17 bits per heavy atom. The first-order chi connectivity index (χ1) is 43.9. The van der Waals surface area contributed by atoms with E-state index in [2.05, 4.69) is 48.0 Å². The summed E-state index contributed by atoms with van der Waals surface area (Å²) in [5.74, 6) is -11.2. The number of primary amides is 1. The summed E-state index contributed by atoms with van der Waals surface area (Å²) in [6, 6.07) is 4.27. The van der Waals surface area contributed by atoms with Gasteiger partial charge in [-0.1, -0.05) is 72.0 Å². The van der Waals surface area contributed by atoms with Crippen LogP contribution >= 0.6 is 23.7 Å². The number of nitrogens with zero attached hydrogens (tertiary/aromatic N) is 5. The molecule has 5 aromatic rings. The van der Waals surface area contributed by atoms with Gasteiger partial charge in [-0.3, -0.25) is 38.4 Å². The number of hydrogen-bond acceptors (Lipinski definition) is 25. The van der Waals surface area contributed by atoms with Gasteiger partial charge in [-0.2, -0.15) is 5.10 Å². The van der Waals surface area contributed by atoms with E-state index in [1.54, 1.807) is 22.8 Å². The summed E-state index contributed by atoms with van der Waals surface area (Å²) >= 11 is 1.25. The lowest BCUT2D eigenvalue weighted by molar-refractivity contribution is -0.433. The van der Waals surface area contributed by atoms with Crippen LogP contribution in [0.2, 0.25) is 0 Å². The van der Waals surface area contributed by atoms with Crippen LogP contribution in [0.3, 0.4) is 0 Å². The van der Waals surface area contributed by atoms with E-state index in [1.165, 1.54) is 30.4 Å². The normalized spacial score (nSPS) is 25.1. The number of benzene rings is 3. The van der Waals surface area contributed by atoms with Crippen molar-refractivity contribution < 1.29 is 103 Å². The summed E-state index contributed by atoms with van der Waals surface area (Å²) in [5, 5.41) is 119. The molecule has 5 heterocycles. The number of aromatic nitrogens is 3. The van der Waals surface area contributed by atoms with Gasteiger partial charge in [-0.05, 0) is 67.4 Å². The van der Waals surface area contributed by atoms with E-state index in [0.29, 0.717) is 27.8 Å². The zero-order valence-corrected chi connectivity index (χ0v) is 51.5. The van der Waals surface area contributed by atoms with Gasteiger partial charge in [0.15, 0.2) is 11.5 Å². The molecular formula is C58H73N11O21S2. The van der Waals surface area contributed by atoms with Gasteiger partial charge in [-0.25, -0.2) is 14.8 Å². The Morgan fingerprint density at radius 2 is 1.50 bits per heavy atom. The van der Waals surface area contributed by atoms with Crippen LogP contribution in [0.25, 0.3) is 26.8 Å². The molecule has 3 aromatic carbocycles. The molecule has 14 unspecified atom stereocenters. The topological polar surface area (TPSA) is 478 Å². The Morgan fingerprint density at radius 1 is 0.815 bits per heavy atom. The first kappa shape index (κ1) is 69.8. The monoisotopic (exact) mass is 1320 g/mol. The molecule has 3 saturated heterocycles. The molecule has 32 nitrogen and oxygen atoms in total. The maximum Gasteiger partial charge on any atom is 0.261 e. The summed E-state index contributed by atoms with van der Waals surface area (Å²) in [5.41, 5.74) is 7.15. The maximum absolute atomic E-state index is 14.7. The van der Waals surface area contributed by atoms with Crippen molar-refractivity contribution in [1.29, 1.82) is 0 Å². The first-order valence-electron chi connectivity index (χ1n) is 29.4. The summed E-state index contributed by atoms with van der Waals surface area (Å²) < 4.78 is 16.7. The SMILES string of the molecule is CCCCCCOc1ccc(-c2cn3nc(-c4ccc(C(=O)NC5CC(O)CNC(=O)C6C(O)C(C)CN6C(=O)C(C(O)CC(N)=O)NC(=O)C(C(O)C(O)c6ccc(O)c(OSOOO)c6)NC(=O)C6CC(O)CN6C(=O)C(C(C)O)NC5=O)cc4)sc3n2)cc1. The number of aliphatic hydroxyl groups excluding tert-OH is 7. The minimum Gasteiger partial charge on any atom is -0.504 e. The summed E-state index contributed by atoms with van der Waals surface area (Å²) in [6.07, 6.45) is -10.0. The molecule has 3 aliphatic rings. The summed E-state index contributed by atoms with van der Waals surface area (Å²) in [7, 11) is 0. The number of fused-ring (bicyclic) bond motifs is 3. The molecule has 16 N–H and O–H groups in total. The molecule has 498 valence electrons. The number of amides is 8. The average Bonchev–Trinajstić information content (AvgIpc) is 1.76. The van der Waals surface area contributed by atoms with Crippen molar-refractivity contribution in [1.82, 2.24) is 51.0 Å². The van der Waals surface area contributed by atoms with E-state index in [1.807, 2.05) is 24.3 Å². The quantitative estimate of drug-likeness (QED) is 0.0171. The molecule has 14 atom stereocenters. The highest BCUT2D eigenvalue weighted by Crippen LogP contribution is 2.35. The zero-order valence-electron chi connectivity index (χ0n) is 49.8. The second-order valence-corrected chi connectivity index (χ2v) is 24.0. The molecule has 2 aromatic heterocycles. The number of ether oxygens (including phenoxy) is 1. The van der Waals surface area contributed by atoms with Gasteiger partial charge in [0, 0.05) is 55.1 Å². The maximum atomic E-state index is 14.7. The summed E-state index contributed by atoms with van der Waals surface area (Å²) in [4.78, 5) is 120. The predicted octanol–water partition coefficient (Wildman–Crippen LogP) is -1.53. The number of phenols is 1. The second kappa shape index (κ2) is 31.5. The highest BCUT2D eigenvalue weighted by atomic mass is 32.2. The number of imidazole rings is 1. The molecule has 8 amide bonds. The Bertz CT molecular complexity index is 3400. The lowest BCUT2D eigenvalue weighted by Crippen LogP contribution is -2.64. The minimum atomic E-state index is -2.53. The third kappa shape index (κ3) is 16.9. The van der Waals surface area contributed by atoms with E-state index in [-0.39, 0.29) is 23.5 Å². The van der Waals surface area contributed by atoms with Gasteiger partial charge in [0.1, 0.15) is 59.2 Å². The number of rotatable bonds is 21. The second-order valence-electron chi connectivity index (χ2n) is 22.6. The summed E-state index contributed by atoms with van der Waals surface area (Å²) in [6.45, 7) is 3.46. The number of aromatic hydroxyl groups is 1. The zero-order chi connectivity index (χ0) is 66.7. The smallest absolute Gasteiger partial charge is 0.261 e. The molecule has 34 heteroatoms. The van der Waals surface area contributed by atoms with Crippen molar-refractivity contribution in [2.75, 3.05) is 26.2 Å². The number of aliphatic hydroxyl groups is 7. The number of nitrogens with one attached hydrogen (secondary N) is 5. The number of carbonyl (C=O) groups excluding carboxylic acids is 8. The molecule has 3 fully saturated rings. The van der Waals surface area contributed by atoms with Crippen molar-refractivity contribution in [2.24, 2.45) is 11.7 Å². The molecule has 92 heavy (non-hydrogen) atoms. The van der Waals surface area contributed by atoms with Crippen molar-refractivity contribution in [3.05, 3.63) is 84.1 Å². The van der Waals surface area contributed by atoms with Crippen molar-refractivity contribution in [3.8, 4) is 39.1 Å². The highest BCUT2D eigenvalue weighted by Gasteiger charge is 2.50. The van der Waals surface area contributed by atoms with Crippen LogP contribution in [0.15, 0.2) is 72.9 Å². The van der Waals surface area contributed by atoms with Crippen LogP contribution in [0.4, 0.5) is 0 Å². The van der Waals surface area contributed by atoms with Crippen molar-refractivity contribution in [2.45, 2.75) is 145 Å². The van der Waals surface area contributed by atoms with Gasteiger partial charge in [0.05, 0.1) is 55.4 Å². The molecule has 0 radical (unpaired) electrons. The number of unbranched alkanes of at least 4 members (excludes halogenated alkanes) is 3. The van der Waals surface area contributed by atoms with E-state index in [9.17, 15) is 79.2 Å². The number of hydrogen-bond donors (Lipinski definition) is 15. The van der Waals surface area contributed by atoms with Crippen LogP contribution in [-0.4, -0.2) is 217 Å². The Labute approximate surface area is 533 Å². The van der Waals surface area contributed by atoms with E-state index in [4.69, 9.17) is 24.9 Å². The number of nitrogens with two attached hydrogens (primary N) is 1. The standard InChI is InChI=1S/C58H73N11O21S2/c1-4-5-6-7-18-87-35-15-12-29(13-16-35)37-26-69-58(62-37)91-55(66-69)31-10-8-30(9-11-31)50(79)61-36-20-33(71)23-60-54(83)46-47(76)27(2)24-68(46)57(85)44(40(74)22-42(59)75)64-53(82)45(49(78)48(77)32-14-17-39(73)41(19-32)88-92-90-89-86)65-52(81)38-21-34(72)25-67(38)56(84)43(28(3)70)63-51(36)80/h8-17,19,26-28,33-34,36,38,40,43-49,70-74,76-78,86H,4-7,18,20-25H2,1-3H3,(H2,59,75)(H,60,83)(H,61,79)(H,63,80)(H,64,82)(H,65,81). The Kier molecular flexibility index (Phi) is 23.9. The fraction of sp³-hybridized carbons (Fsp3) is 0.483. The first-order valence-corrected chi connectivity index (χ1v) is 30.9. The van der Waals surface area contributed by atoms with Crippen LogP contribution in [0.5, 0.6) is 17.2 Å². The molecule has 0 saturated carbocycles. The van der Waals surface area contributed by atoms with E-state index < -0.39 is 183 Å². The van der Waals surface area contributed by atoms with Crippen LogP contribution in [0, 0.1) is 5.92 Å². The minimum absolute atomic E-state index is 0.00940. The molecular weight excluding hydrogens is 1250 g/mol. The average molecular weight is 1320 g/mol. The molecule has 3 aliphatic heterocycles. The van der Waals surface area contributed by atoms with Gasteiger partial charge in [0.25, 0.3) is 18.2 Å². The van der Waals surface area contributed by atoms with Gasteiger partial charge in [-0.15, -0.1) is 0 Å². The highest BCUT2D eigenvalue weighted by molar-refractivity contribution is 7.90. The largest absolute Gasteiger partial charge is 0.504 e. The van der Waals surface area contributed by atoms with Gasteiger partial charge in [0.2, 0.25) is 46.3 Å². The number of β-amino-alcohol motifs (C(OH)–C–C–N with tert-alkyl or cyclic N) is 1. The fourth-order valence-corrected chi connectivity index (χ4v) is 12.0. The molecule has 0 aliphatic carbocycles. The number of carbonyl (C=O) groups is 8. The Hall–Kier alpha value is -8.13. The predicted molar refractivity (Wildman–Crippen MR) is 322 cm³/mol. The number of phenolic OH excluding ortho intramolecular Hbond substituents is 1. The van der Waals surface area contributed by atoms with Crippen molar-refractivity contribution in [3.63, 3.8) is 0 Å². The van der Waals surface area contributed by atoms with E-state index in [0.717, 1.165) is 71.9 Å². The Balaban J connectivity index is 1.07. The van der Waals surface area contributed by atoms with Crippen LogP contribution < -0.4 is 41.2 Å². The molecule has 8 rings (SSSR count). The van der Waals surface area contributed by atoms with Crippen molar-refractivity contribution >= 4 is 75.9 Å². The fourth-order valence-electron chi connectivity index (χ4n) is 10.8. The van der Waals surface area contributed by atoms with Crippen LogP contribution in [-0.2, 0) is 42.9 Å². The lowest BCUT2D eigenvalue weighted by atomic mass is 9.96. The lowest BCUT2D eigenvalue weighted by Gasteiger charge is -2.34. The van der Waals surface area contributed by atoms with E-state index >= 15 is 0 Å². The van der Waals surface area contributed by atoms with Gasteiger partial charge < -0.3 is 91.9 Å². The third-order valence-corrected chi connectivity index (χ3v) is 17.1.